The van der Waals surface area contributed by atoms with Gasteiger partial charge in [0.1, 0.15) is 11.5 Å². The smallest absolute Gasteiger partial charge is 0.273 e. The topological polar surface area (TPSA) is 72.6 Å². The van der Waals surface area contributed by atoms with E-state index < -0.39 is 11.0 Å². The van der Waals surface area contributed by atoms with Gasteiger partial charge in [0.15, 0.2) is 0 Å². The highest BCUT2D eigenvalue weighted by Crippen LogP contribution is 2.36. The molecule has 0 saturated heterocycles. The van der Waals surface area contributed by atoms with Gasteiger partial charge < -0.3 is 9.84 Å². The highest BCUT2D eigenvalue weighted by Gasteiger charge is 2.15. The number of non-ortho nitro benzene ring substituents is 1. The first kappa shape index (κ1) is 15.5. The summed E-state index contributed by atoms with van der Waals surface area (Å²) in [5.74, 6) is 0.813. The van der Waals surface area contributed by atoms with E-state index in [-0.39, 0.29) is 5.69 Å². The summed E-state index contributed by atoms with van der Waals surface area (Å²) in [4.78, 5) is 10.4. The molecule has 2 aromatic carbocycles. The Bertz CT molecular complexity index is 660. The lowest BCUT2D eigenvalue weighted by atomic mass is 10.1. The molecule has 0 aliphatic rings. The van der Waals surface area contributed by atoms with Crippen molar-refractivity contribution in [2.45, 2.75) is 19.4 Å². The van der Waals surface area contributed by atoms with Crippen LogP contribution in [0.2, 0.25) is 0 Å². The zero-order valence-electron chi connectivity index (χ0n) is 11.3. The molecule has 5 nitrogen and oxygen atoms in total. The molecular weight excluding hydrogens is 338 g/mol. The molecule has 0 aliphatic heterocycles. The van der Waals surface area contributed by atoms with Gasteiger partial charge in [-0.15, -0.1) is 0 Å². The van der Waals surface area contributed by atoms with Crippen molar-refractivity contribution in [3.63, 3.8) is 0 Å². The fourth-order valence-electron chi connectivity index (χ4n) is 1.87. The number of hydrogen-bond acceptors (Lipinski definition) is 4. The number of hydrogen-bond donors (Lipinski definition) is 1. The quantitative estimate of drug-likeness (QED) is 0.631. The number of rotatable bonds is 5. The number of ether oxygens (including phenoxy) is 1. The zero-order valence-corrected chi connectivity index (χ0v) is 12.9. The third-order valence-corrected chi connectivity index (χ3v) is 3.67. The number of nitro benzene ring substituents is 1. The molecule has 0 unspecified atom stereocenters. The first-order chi connectivity index (χ1) is 10.0. The van der Waals surface area contributed by atoms with Crippen LogP contribution in [0.15, 0.2) is 46.9 Å². The van der Waals surface area contributed by atoms with Crippen LogP contribution < -0.4 is 4.74 Å². The molecule has 21 heavy (non-hydrogen) atoms. The van der Waals surface area contributed by atoms with E-state index in [4.69, 9.17) is 4.74 Å². The number of benzene rings is 2. The average molecular weight is 352 g/mol. The van der Waals surface area contributed by atoms with Crippen molar-refractivity contribution >= 4 is 21.6 Å². The van der Waals surface area contributed by atoms with E-state index in [1.807, 2.05) is 13.0 Å². The van der Waals surface area contributed by atoms with Gasteiger partial charge in [0.2, 0.25) is 0 Å². The van der Waals surface area contributed by atoms with Crippen LogP contribution in [0, 0.1) is 10.1 Å². The molecule has 1 N–H and O–H groups in total. The Morgan fingerprint density at radius 3 is 2.67 bits per heavy atom. The van der Waals surface area contributed by atoms with Gasteiger partial charge in [0, 0.05) is 11.6 Å². The van der Waals surface area contributed by atoms with Crippen LogP contribution in [0.1, 0.15) is 25.0 Å². The highest BCUT2D eigenvalue weighted by molar-refractivity contribution is 9.10. The third-order valence-electron chi connectivity index (χ3n) is 3.01. The molecule has 6 heteroatoms. The zero-order chi connectivity index (χ0) is 15.4. The summed E-state index contributed by atoms with van der Waals surface area (Å²) in [5, 5.41) is 20.8. The minimum absolute atomic E-state index is 0.0540. The highest BCUT2D eigenvalue weighted by atomic mass is 79.9. The van der Waals surface area contributed by atoms with Crippen LogP contribution in [-0.2, 0) is 0 Å². The second kappa shape index (κ2) is 6.69. The van der Waals surface area contributed by atoms with Gasteiger partial charge in [-0.3, -0.25) is 10.1 Å². The number of halogens is 1. The molecule has 0 heterocycles. The molecule has 0 radical (unpaired) electrons. The lowest BCUT2D eigenvalue weighted by molar-refractivity contribution is -0.384. The van der Waals surface area contributed by atoms with Gasteiger partial charge in [-0.25, -0.2) is 0 Å². The molecule has 0 fully saturated rings. The van der Waals surface area contributed by atoms with E-state index in [1.165, 1.54) is 12.1 Å². The van der Waals surface area contributed by atoms with Gasteiger partial charge in [-0.05, 0) is 34.5 Å². The Morgan fingerprint density at radius 1 is 1.29 bits per heavy atom. The summed E-state index contributed by atoms with van der Waals surface area (Å²) in [6, 6.07) is 11.4. The Morgan fingerprint density at radius 2 is 2.00 bits per heavy atom. The van der Waals surface area contributed by atoms with Gasteiger partial charge in [0.25, 0.3) is 5.69 Å². The molecule has 110 valence electrons. The minimum atomic E-state index is -0.640. The molecule has 0 bridgehead atoms. The van der Waals surface area contributed by atoms with Crippen molar-refractivity contribution in [2.24, 2.45) is 0 Å². The number of aliphatic hydroxyl groups excluding tert-OH is 1. The lowest BCUT2D eigenvalue weighted by Crippen LogP contribution is -1.99. The SMILES string of the molecule is CC[C@H](O)c1ccccc1Oc1cc([N+](=O)[O-])ccc1Br. The molecule has 1 atom stereocenters. The average Bonchev–Trinajstić information content (AvgIpc) is 2.49. The third kappa shape index (κ3) is 3.59. The summed E-state index contributed by atoms with van der Waals surface area (Å²) >= 11 is 3.31. The second-order valence-corrected chi connectivity index (χ2v) is 5.29. The second-order valence-electron chi connectivity index (χ2n) is 4.44. The summed E-state index contributed by atoms with van der Waals surface area (Å²) in [5.41, 5.74) is 0.597. The number of nitro groups is 1. The molecule has 0 aliphatic carbocycles. The van der Waals surface area contributed by atoms with E-state index in [0.717, 1.165) is 0 Å². The van der Waals surface area contributed by atoms with Crippen LogP contribution in [0.3, 0.4) is 0 Å². The number of nitrogens with zero attached hydrogens (tertiary/aromatic N) is 1. The fourth-order valence-corrected chi connectivity index (χ4v) is 2.20. The maximum atomic E-state index is 10.8. The minimum Gasteiger partial charge on any atom is -0.456 e. The largest absolute Gasteiger partial charge is 0.456 e. The van der Waals surface area contributed by atoms with Gasteiger partial charge in [-0.2, -0.15) is 0 Å². The Labute approximate surface area is 130 Å². The maximum Gasteiger partial charge on any atom is 0.273 e. The van der Waals surface area contributed by atoms with Gasteiger partial charge >= 0.3 is 0 Å². The Hall–Kier alpha value is -1.92. The monoisotopic (exact) mass is 351 g/mol. The molecule has 0 aromatic heterocycles. The molecule has 0 saturated carbocycles. The maximum absolute atomic E-state index is 10.8. The van der Waals surface area contributed by atoms with Crippen molar-refractivity contribution in [3.8, 4) is 11.5 Å². The van der Waals surface area contributed by atoms with E-state index in [2.05, 4.69) is 15.9 Å². The van der Waals surface area contributed by atoms with Crippen molar-refractivity contribution in [2.75, 3.05) is 0 Å². The first-order valence-electron chi connectivity index (χ1n) is 6.41. The molecule has 2 rings (SSSR count). The van der Waals surface area contributed by atoms with Crippen molar-refractivity contribution < 1.29 is 14.8 Å². The van der Waals surface area contributed by atoms with Gasteiger partial charge in [-0.1, -0.05) is 25.1 Å². The van der Waals surface area contributed by atoms with Crippen LogP contribution in [0.4, 0.5) is 5.69 Å². The van der Waals surface area contributed by atoms with E-state index in [9.17, 15) is 15.2 Å². The number of aliphatic hydroxyl groups is 1. The summed E-state index contributed by atoms with van der Waals surface area (Å²) in [6.07, 6.45) is -0.0881. The van der Waals surface area contributed by atoms with Crippen molar-refractivity contribution in [1.82, 2.24) is 0 Å². The normalized spacial score (nSPS) is 12.0. The lowest BCUT2D eigenvalue weighted by Gasteiger charge is -2.15. The molecular formula is C15H14BrNO4. The van der Waals surface area contributed by atoms with Crippen LogP contribution in [0.5, 0.6) is 11.5 Å². The number of para-hydroxylation sites is 1. The van der Waals surface area contributed by atoms with E-state index in [0.29, 0.717) is 28.0 Å². The van der Waals surface area contributed by atoms with E-state index in [1.54, 1.807) is 24.3 Å². The van der Waals surface area contributed by atoms with Crippen molar-refractivity contribution in [1.29, 1.82) is 0 Å². The molecule has 0 spiro atoms. The Kier molecular flexibility index (Phi) is 4.93. The van der Waals surface area contributed by atoms with Crippen LogP contribution >= 0.6 is 15.9 Å². The molecule has 2 aromatic rings. The van der Waals surface area contributed by atoms with Crippen LogP contribution in [-0.4, -0.2) is 10.0 Å². The summed E-state index contributed by atoms with van der Waals surface area (Å²) in [7, 11) is 0. The standard InChI is InChI=1S/C15H14BrNO4/c1-2-13(18)11-5-3-4-6-14(11)21-15-9-10(17(19)20)7-8-12(15)16/h3-9,13,18H,2H2,1H3/t13-/m0/s1. The molecule has 0 amide bonds. The van der Waals surface area contributed by atoms with Gasteiger partial charge in [0.05, 0.1) is 21.6 Å². The summed E-state index contributed by atoms with van der Waals surface area (Å²) in [6.45, 7) is 1.87. The first-order valence-corrected chi connectivity index (χ1v) is 7.21. The predicted octanol–water partition coefficient (Wildman–Crippen LogP) is 4.59. The van der Waals surface area contributed by atoms with E-state index >= 15 is 0 Å². The van der Waals surface area contributed by atoms with Crippen molar-refractivity contribution in [3.05, 3.63) is 62.6 Å². The summed E-state index contributed by atoms with van der Waals surface area (Å²) < 4.78 is 6.35. The Balaban J connectivity index is 2.38. The fraction of sp³-hybridized carbons (Fsp3) is 0.200. The predicted molar refractivity (Wildman–Crippen MR) is 82.6 cm³/mol. The van der Waals surface area contributed by atoms with Crippen LogP contribution in [0.25, 0.3) is 0 Å².